The number of rotatable bonds is 5. The van der Waals surface area contributed by atoms with E-state index in [1.807, 2.05) is 30.3 Å². The highest BCUT2D eigenvalue weighted by Gasteiger charge is 2.41. The quantitative estimate of drug-likeness (QED) is 0.639. The highest BCUT2D eigenvalue weighted by Crippen LogP contribution is 2.36. The molecule has 0 saturated carbocycles. The third-order valence-electron chi connectivity index (χ3n) is 6.72. The van der Waals surface area contributed by atoms with Crippen LogP contribution in [0.4, 0.5) is 14.5 Å². The number of halogens is 2. The fourth-order valence-electron chi connectivity index (χ4n) is 5.08. The lowest BCUT2D eigenvalue weighted by Crippen LogP contribution is -2.60. The summed E-state index contributed by atoms with van der Waals surface area (Å²) < 4.78 is 26.8. The van der Waals surface area contributed by atoms with Crippen LogP contribution in [0.15, 0.2) is 72.8 Å². The van der Waals surface area contributed by atoms with Crippen molar-refractivity contribution in [1.29, 1.82) is 0 Å². The Labute approximate surface area is 192 Å². The number of piperazine rings is 1. The number of para-hydroxylation sites is 1. The molecule has 33 heavy (non-hydrogen) atoms. The van der Waals surface area contributed by atoms with E-state index in [9.17, 15) is 13.6 Å². The third kappa shape index (κ3) is 4.76. The zero-order valence-electron chi connectivity index (χ0n) is 18.4. The fraction of sp³-hybridized carbons (Fsp3) is 0.296. The molecule has 3 aromatic carbocycles. The minimum atomic E-state index is -0.303. The molecule has 1 fully saturated rings. The number of amides is 1. The summed E-state index contributed by atoms with van der Waals surface area (Å²) in [6.45, 7) is 3.49. The SMILES string of the molecule is O=C(NCc1cccc(F)c1)[C@@H]1Cc2ccccc2N2CCN(Cc3ccc(F)cc3)C[C@@H]12. The highest BCUT2D eigenvalue weighted by atomic mass is 19.1. The Morgan fingerprint density at radius 2 is 1.73 bits per heavy atom. The molecule has 5 rings (SSSR count). The van der Waals surface area contributed by atoms with E-state index in [1.54, 1.807) is 6.07 Å². The summed E-state index contributed by atoms with van der Waals surface area (Å²) in [5.74, 6) is -0.748. The zero-order valence-corrected chi connectivity index (χ0v) is 18.4. The molecule has 0 unspecified atom stereocenters. The topological polar surface area (TPSA) is 35.6 Å². The average Bonchev–Trinajstić information content (AvgIpc) is 2.83. The van der Waals surface area contributed by atoms with E-state index in [4.69, 9.17) is 0 Å². The van der Waals surface area contributed by atoms with Gasteiger partial charge in [-0.3, -0.25) is 9.69 Å². The maximum Gasteiger partial charge on any atom is 0.225 e. The zero-order chi connectivity index (χ0) is 22.8. The predicted octanol–water partition coefficient (Wildman–Crippen LogP) is 4.14. The molecule has 170 valence electrons. The van der Waals surface area contributed by atoms with E-state index in [0.717, 1.165) is 37.3 Å². The van der Waals surface area contributed by atoms with Crippen LogP contribution in [-0.4, -0.2) is 36.5 Å². The summed E-state index contributed by atoms with van der Waals surface area (Å²) in [4.78, 5) is 18.0. The van der Waals surface area contributed by atoms with Crippen LogP contribution in [0.25, 0.3) is 0 Å². The van der Waals surface area contributed by atoms with Gasteiger partial charge in [0.25, 0.3) is 0 Å². The molecular weight excluding hydrogens is 420 g/mol. The van der Waals surface area contributed by atoms with Crippen LogP contribution < -0.4 is 10.2 Å². The van der Waals surface area contributed by atoms with Gasteiger partial charge in [0, 0.05) is 38.4 Å². The maximum atomic E-state index is 13.5. The molecule has 3 aromatic rings. The van der Waals surface area contributed by atoms with Crippen molar-refractivity contribution in [2.24, 2.45) is 5.92 Å². The molecule has 2 heterocycles. The highest BCUT2D eigenvalue weighted by molar-refractivity contribution is 5.82. The van der Waals surface area contributed by atoms with E-state index < -0.39 is 0 Å². The van der Waals surface area contributed by atoms with Gasteiger partial charge in [-0.2, -0.15) is 0 Å². The number of nitrogens with one attached hydrogen (secondary N) is 1. The number of hydrogen-bond acceptors (Lipinski definition) is 3. The minimum absolute atomic E-state index is 0.00704. The second kappa shape index (κ2) is 9.32. The van der Waals surface area contributed by atoms with Crippen molar-refractivity contribution in [2.75, 3.05) is 24.5 Å². The molecule has 1 N–H and O–H groups in total. The molecule has 4 nitrogen and oxygen atoms in total. The first kappa shape index (κ1) is 21.6. The van der Waals surface area contributed by atoms with Crippen molar-refractivity contribution >= 4 is 11.6 Å². The Balaban J connectivity index is 1.34. The maximum absolute atomic E-state index is 13.5. The fourth-order valence-corrected chi connectivity index (χ4v) is 5.08. The summed E-state index contributed by atoms with van der Waals surface area (Å²) in [5.41, 5.74) is 4.20. The van der Waals surface area contributed by atoms with Crippen molar-refractivity contribution in [3.05, 3.63) is 101 Å². The van der Waals surface area contributed by atoms with Crippen molar-refractivity contribution in [3.8, 4) is 0 Å². The number of hydrogen-bond donors (Lipinski definition) is 1. The van der Waals surface area contributed by atoms with E-state index in [-0.39, 0.29) is 29.5 Å². The summed E-state index contributed by atoms with van der Waals surface area (Å²) >= 11 is 0. The van der Waals surface area contributed by atoms with Crippen LogP contribution in [0, 0.1) is 17.6 Å². The van der Waals surface area contributed by atoms with Crippen LogP contribution in [-0.2, 0) is 24.3 Å². The van der Waals surface area contributed by atoms with E-state index in [1.165, 1.54) is 35.5 Å². The monoisotopic (exact) mass is 447 g/mol. The average molecular weight is 448 g/mol. The van der Waals surface area contributed by atoms with Crippen LogP contribution in [0.5, 0.6) is 0 Å². The van der Waals surface area contributed by atoms with Gasteiger partial charge in [-0.1, -0.05) is 42.5 Å². The van der Waals surface area contributed by atoms with Crippen LogP contribution >= 0.6 is 0 Å². The van der Waals surface area contributed by atoms with Crippen LogP contribution in [0.1, 0.15) is 16.7 Å². The Hall–Kier alpha value is -3.25. The lowest BCUT2D eigenvalue weighted by Gasteiger charge is -2.49. The van der Waals surface area contributed by atoms with Crippen LogP contribution in [0.3, 0.4) is 0 Å². The number of fused-ring (bicyclic) bond motifs is 3. The molecule has 1 amide bonds. The van der Waals surface area contributed by atoms with Gasteiger partial charge in [0.15, 0.2) is 0 Å². The molecule has 2 aliphatic rings. The number of carbonyl (C=O) groups excluding carboxylic acids is 1. The summed E-state index contributed by atoms with van der Waals surface area (Å²) in [6.07, 6.45) is 0.677. The third-order valence-corrected chi connectivity index (χ3v) is 6.72. The summed E-state index contributed by atoms with van der Waals surface area (Å²) in [5, 5.41) is 3.04. The second-order valence-corrected chi connectivity index (χ2v) is 8.91. The van der Waals surface area contributed by atoms with Gasteiger partial charge in [-0.25, -0.2) is 8.78 Å². The van der Waals surface area contributed by atoms with Crippen molar-refractivity contribution < 1.29 is 13.6 Å². The number of carbonyl (C=O) groups is 1. The Morgan fingerprint density at radius 3 is 2.55 bits per heavy atom. The Bertz CT molecular complexity index is 1130. The van der Waals surface area contributed by atoms with Gasteiger partial charge in [0.05, 0.1) is 12.0 Å². The minimum Gasteiger partial charge on any atom is -0.365 e. The van der Waals surface area contributed by atoms with E-state index in [2.05, 4.69) is 27.2 Å². The van der Waals surface area contributed by atoms with Gasteiger partial charge in [0.2, 0.25) is 5.91 Å². The standard InChI is InChI=1S/C27H27F2N3O/c28-22-10-8-19(9-11-22)17-31-12-13-32-25-7-2-1-5-21(25)15-24(26(32)18-31)27(33)30-16-20-4-3-6-23(29)14-20/h1-11,14,24,26H,12-13,15-18H2,(H,30,33)/t24-,26+/m1/s1. The number of benzene rings is 3. The van der Waals surface area contributed by atoms with Gasteiger partial charge < -0.3 is 10.2 Å². The van der Waals surface area contributed by atoms with Gasteiger partial charge >= 0.3 is 0 Å². The largest absolute Gasteiger partial charge is 0.365 e. The second-order valence-electron chi connectivity index (χ2n) is 8.91. The molecule has 6 heteroatoms. The van der Waals surface area contributed by atoms with Crippen molar-refractivity contribution in [3.63, 3.8) is 0 Å². The summed E-state index contributed by atoms with van der Waals surface area (Å²) in [6, 6.07) is 21.3. The van der Waals surface area contributed by atoms with E-state index in [0.29, 0.717) is 13.0 Å². The normalized spacial score (nSPS) is 20.1. The number of anilines is 1. The van der Waals surface area contributed by atoms with Crippen molar-refractivity contribution in [1.82, 2.24) is 10.2 Å². The Kier molecular flexibility index (Phi) is 6.09. The lowest BCUT2D eigenvalue weighted by atomic mass is 9.83. The first-order chi connectivity index (χ1) is 16.1. The van der Waals surface area contributed by atoms with Gasteiger partial charge in [0.1, 0.15) is 11.6 Å². The molecule has 0 bridgehead atoms. The Morgan fingerprint density at radius 1 is 0.909 bits per heavy atom. The van der Waals surface area contributed by atoms with Gasteiger partial charge in [-0.05, 0) is 53.4 Å². The predicted molar refractivity (Wildman–Crippen MR) is 125 cm³/mol. The van der Waals surface area contributed by atoms with Crippen LogP contribution in [0.2, 0.25) is 0 Å². The molecule has 0 aromatic heterocycles. The lowest BCUT2D eigenvalue weighted by molar-refractivity contribution is -0.126. The number of nitrogens with zero attached hydrogens (tertiary/aromatic N) is 2. The molecular formula is C27H27F2N3O. The first-order valence-corrected chi connectivity index (χ1v) is 11.4. The molecule has 2 atom stereocenters. The summed E-state index contributed by atoms with van der Waals surface area (Å²) in [7, 11) is 0. The molecule has 0 radical (unpaired) electrons. The van der Waals surface area contributed by atoms with E-state index >= 15 is 0 Å². The molecule has 0 aliphatic carbocycles. The first-order valence-electron chi connectivity index (χ1n) is 11.4. The molecule has 0 spiro atoms. The smallest absolute Gasteiger partial charge is 0.225 e. The van der Waals surface area contributed by atoms with Crippen molar-refractivity contribution in [2.45, 2.75) is 25.6 Å². The van der Waals surface area contributed by atoms with Gasteiger partial charge in [-0.15, -0.1) is 0 Å². The molecule has 2 aliphatic heterocycles. The molecule has 1 saturated heterocycles.